The van der Waals surface area contributed by atoms with Gasteiger partial charge in [-0.1, -0.05) is 6.08 Å². The monoisotopic (exact) mass is 605 g/mol. The van der Waals surface area contributed by atoms with Crippen LogP contribution in [0.1, 0.15) is 89.1 Å². The molecule has 1 N–H and O–H groups in total. The summed E-state index contributed by atoms with van der Waals surface area (Å²) in [6.45, 7) is 17.6. The van der Waals surface area contributed by atoms with Gasteiger partial charge in [-0.05, 0) is 79.5 Å². The Hall–Kier alpha value is -3.64. The summed E-state index contributed by atoms with van der Waals surface area (Å²) < 4.78 is 36.7. The SMILES string of the molecule is CCn1ncc2c1CN(C(=O)c1cc(B3OC(C)(C)C(C)(C)O3)c3[nH]c(C4=CCCN(C(=O)OC(C)(C)C)C4)cc3c1F)C2. The van der Waals surface area contributed by atoms with Crippen LogP contribution < -0.4 is 5.46 Å². The number of halogens is 1. The van der Waals surface area contributed by atoms with Crippen LogP contribution in [0, 0.1) is 5.82 Å². The molecule has 12 heteroatoms. The van der Waals surface area contributed by atoms with E-state index in [0.717, 1.165) is 16.8 Å². The maximum atomic E-state index is 16.4. The minimum atomic E-state index is -0.829. The van der Waals surface area contributed by atoms with E-state index in [1.165, 1.54) is 0 Å². The summed E-state index contributed by atoms with van der Waals surface area (Å²) in [5.74, 6) is -1.02. The summed E-state index contributed by atoms with van der Waals surface area (Å²) in [5, 5.41) is 4.65. The number of amides is 2. The standard InChI is InChI=1S/C32H41BFN5O5/c1-9-39-25-18-38(17-20(25)15-35-39)28(40)22-13-23(33-43-31(5,6)32(7,8)44-33)27-21(26(22)34)14-24(36-27)19-11-10-12-37(16-19)29(41)42-30(2,3)4/h11,13-15,36H,9-10,12,16-18H2,1-8H3. The van der Waals surface area contributed by atoms with Crippen LogP contribution in [-0.2, 0) is 33.7 Å². The minimum Gasteiger partial charge on any atom is -0.444 e. The summed E-state index contributed by atoms with van der Waals surface area (Å²) in [7, 11) is -0.829. The zero-order valence-corrected chi connectivity index (χ0v) is 26.8. The Balaban J connectivity index is 1.39. The van der Waals surface area contributed by atoms with E-state index >= 15 is 4.39 Å². The first-order valence-electron chi connectivity index (χ1n) is 15.3. The maximum Gasteiger partial charge on any atom is 0.497 e. The molecule has 2 aromatic heterocycles. The quantitative estimate of drug-likeness (QED) is 0.420. The molecule has 234 valence electrons. The van der Waals surface area contributed by atoms with Gasteiger partial charge in [-0.15, -0.1) is 0 Å². The number of aryl methyl sites for hydroxylation is 1. The lowest BCUT2D eigenvalue weighted by Gasteiger charge is -2.32. The zero-order chi connectivity index (χ0) is 31.8. The molecule has 1 aromatic carbocycles. The van der Waals surface area contributed by atoms with Crippen LogP contribution in [0.2, 0.25) is 0 Å². The fourth-order valence-corrected chi connectivity index (χ4v) is 5.99. The van der Waals surface area contributed by atoms with Gasteiger partial charge in [0, 0.05) is 47.3 Å². The van der Waals surface area contributed by atoms with Gasteiger partial charge in [-0.2, -0.15) is 5.10 Å². The second kappa shape index (κ2) is 10.5. The smallest absolute Gasteiger partial charge is 0.444 e. The first kappa shape index (κ1) is 30.4. The number of fused-ring (bicyclic) bond motifs is 2. The number of aromatic amines is 1. The van der Waals surface area contributed by atoms with Crippen molar-refractivity contribution >= 4 is 41.1 Å². The molecule has 2 amide bonds. The lowest BCUT2D eigenvalue weighted by Crippen LogP contribution is -2.41. The summed E-state index contributed by atoms with van der Waals surface area (Å²) in [6.07, 6.45) is 4.06. The van der Waals surface area contributed by atoms with Gasteiger partial charge in [-0.3, -0.25) is 9.48 Å². The second-order valence-electron chi connectivity index (χ2n) is 13.9. The predicted molar refractivity (Wildman–Crippen MR) is 166 cm³/mol. The topological polar surface area (TPSA) is 102 Å². The summed E-state index contributed by atoms with van der Waals surface area (Å²) >= 11 is 0. The predicted octanol–water partition coefficient (Wildman–Crippen LogP) is 5.00. The third-order valence-electron chi connectivity index (χ3n) is 9.09. The van der Waals surface area contributed by atoms with E-state index in [1.807, 2.05) is 66.1 Å². The van der Waals surface area contributed by atoms with E-state index < -0.39 is 41.7 Å². The molecule has 5 heterocycles. The van der Waals surface area contributed by atoms with Crippen molar-refractivity contribution in [2.45, 2.75) is 98.2 Å². The number of H-pyrrole nitrogens is 1. The summed E-state index contributed by atoms with van der Waals surface area (Å²) in [5.41, 5.74) is 2.54. The van der Waals surface area contributed by atoms with Gasteiger partial charge in [-0.25, -0.2) is 9.18 Å². The van der Waals surface area contributed by atoms with E-state index in [0.29, 0.717) is 55.8 Å². The number of rotatable bonds is 4. The number of nitrogens with zero attached hydrogens (tertiary/aromatic N) is 4. The molecule has 0 unspecified atom stereocenters. The normalized spacial score (nSPS) is 19.5. The Bertz CT molecular complexity index is 1670. The van der Waals surface area contributed by atoms with E-state index in [2.05, 4.69) is 10.1 Å². The molecular formula is C32H41BFN5O5. The van der Waals surface area contributed by atoms with E-state index in [9.17, 15) is 9.59 Å². The number of carbonyl (C=O) groups excluding carboxylic acids is 2. The fourth-order valence-electron chi connectivity index (χ4n) is 5.99. The van der Waals surface area contributed by atoms with Crippen molar-refractivity contribution in [2.24, 2.45) is 0 Å². The van der Waals surface area contributed by atoms with Crippen molar-refractivity contribution in [1.82, 2.24) is 24.6 Å². The molecule has 0 aliphatic carbocycles. The fraction of sp³-hybridized carbons (Fsp3) is 0.531. The van der Waals surface area contributed by atoms with E-state index in [-0.39, 0.29) is 10.9 Å². The van der Waals surface area contributed by atoms with Crippen molar-refractivity contribution in [3.05, 3.63) is 52.7 Å². The van der Waals surface area contributed by atoms with Gasteiger partial charge in [0.2, 0.25) is 0 Å². The van der Waals surface area contributed by atoms with Crippen molar-refractivity contribution in [3.63, 3.8) is 0 Å². The van der Waals surface area contributed by atoms with Gasteiger partial charge in [0.15, 0.2) is 0 Å². The first-order valence-corrected chi connectivity index (χ1v) is 15.3. The van der Waals surface area contributed by atoms with Gasteiger partial charge in [0.1, 0.15) is 11.4 Å². The Morgan fingerprint density at radius 1 is 1.09 bits per heavy atom. The zero-order valence-electron chi connectivity index (χ0n) is 26.8. The Labute approximate surface area is 257 Å². The number of nitrogens with one attached hydrogen (secondary N) is 1. The first-order chi connectivity index (χ1) is 20.6. The molecule has 0 radical (unpaired) electrons. The van der Waals surface area contributed by atoms with Crippen LogP contribution in [0.15, 0.2) is 24.4 Å². The van der Waals surface area contributed by atoms with Gasteiger partial charge < -0.3 is 28.8 Å². The van der Waals surface area contributed by atoms with Crippen molar-refractivity contribution in [1.29, 1.82) is 0 Å². The second-order valence-corrected chi connectivity index (χ2v) is 13.9. The van der Waals surface area contributed by atoms with Crippen LogP contribution in [0.3, 0.4) is 0 Å². The maximum absolute atomic E-state index is 16.4. The number of ether oxygens (including phenoxy) is 1. The molecule has 3 aromatic rings. The van der Waals surface area contributed by atoms with Crippen LogP contribution in [-0.4, -0.2) is 73.6 Å². The molecular weight excluding hydrogens is 564 g/mol. The highest BCUT2D eigenvalue weighted by Gasteiger charge is 2.52. The molecule has 3 aliphatic heterocycles. The molecule has 3 aliphatic rings. The molecule has 1 saturated heterocycles. The highest BCUT2D eigenvalue weighted by atomic mass is 19.1. The van der Waals surface area contributed by atoms with Crippen LogP contribution >= 0.6 is 0 Å². The van der Waals surface area contributed by atoms with Crippen molar-refractivity contribution < 1.29 is 28.0 Å². The number of hydrogen-bond acceptors (Lipinski definition) is 6. The molecule has 6 rings (SSSR count). The van der Waals surface area contributed by atoms with E-state index in [1.54, 1.807) is 28.1 Å². The third kappa shape index (κ3) is 5.21. The number of benzene rings is 1. The highest BCUT2D eigenvalue weighted by molar-refractivity contribution is 6.65. The highest BCUT2D eigenvalue weighted by Crippen LogP contribution is 2.38. The lowest BCUT2D eigenvalue weighted by atomic mass is 9.76. The van der Waals surface area contributed by atoms with Crippen molar-refractivity contribution in [2.75, 3.05) is 13.1 Å². The average Bonchev–Trinajstić information content (AvgIpc) is 3.69. The summed E-state index contributed by atoms with van der Waals surface area (Å²) in [6, 6.07) is 3.29. The van der Waals surface area contributed by atoms with Crippen LogP contribution in [0.5, 0.6) is 0 Å². The molecule has 44 heavy (non-hydrogen) atoms. The number of carbonyl (C=O) groups is 2. The van der Waals surface area contributed by atoms with Crippen molar-refractivity contribution in [3.8, 4) is 0 Å². The van der Waals surface area contributed by atoms with Gasteiger partial charge in [0.25, 0.3) is 5.91 Å². The van der Waals surface area contributed by atoms with Gasteiger partial charge >= 0.3 is 13.2 Å². The molecule has 0 saturated carbocycles. The number of hydrogen-bond donors (Lipinski definition) is 1. The Kier molecular flexibility index (Phi) is 7.24. The minimum absolute atomic E-state index is 0.0399. The molecule has 0 atom stereocenters. The Morgan fingerprint density at radius 2 is 1.80 bits per heavy atom. The van der Waals surface area contributed by atoms with Crippen LogP contribution in [0.25, 0.3) is 16.5 Å². The molecule has 10 nitrogen and oxygen atoms in total. The molecule has 0 bridgehead atoms. The third-order valence-corrected chi connectivity index (χ3v) is 9.09. The average molecular weight is 606 g/mol. The van der Waals surface area contributed by atoms with Gasteiger partial charge in [0.05, 0.1) is 41.7 Å². The lowest BCUT2D eigenvalue weighted by molar-refractivity contribution is 0.00578. The Morgan fingerprint density at radius 3 is 2.45 bits per heavy atom. The molecule has 0 spiro atoms. The largest absolute Gasteiger partial charge is 0.497 e. The summed E-state index contributed by atoms with van der Waals surface area (Å²) in [4.78, 5) is 33.5. The number of aromatic nitrogens is 3. The van der Waals surface area contributed by atoms with Crippen LogP contribution in [0.4, 0.5) is 9.18 Å². The van der Waals surface area contributed by atoms with E-state index in [4.69, 9.17) is 14.0 Å². The molecule has 1 fully saturated rings.